The van der Waals surface area contributed by atoms with Crippen molar-refractivity contribution in [3.8, 4) is 39.5 Å². The van der Waals surface area contributed by atoms with Crippen LogP contribution in [0.3, 0.4) is 0 Å². The Kier molecular flexibility index (Phi) is 13.5. The summed E-state index contributed by atoms with van der Waals surface area (Å²) in [6.45, 7) is 13.8. The second-order valence-electron chi connectivity index (χ2n) is 19.9. The van der Waals surface area contributed by atoms with Gasteiger partial charge in [0.2, 0.25) is 0 Å². The standard InChI is InChI=1S/C37H31N2S.C24H26GeNO.Ir/c1-23(2)30-21-26(25-13-6-5-7-14-25)22-31(24(3)4)35(30)39-33-19-10-9-18-32(33)38-37(39)29-17-12-16-28-27-15-8-11-20-34(27)40-36(28)29;1-16(2)13-17-14-22(26-15-21(17)25(3,4)5)20-11-8-10-19-18-9-6-7-12-23(18)27-24(19)20;/h5-16,18-24H,1-4H3;6-10,12,14-16H,13H2,1-5H3;/q2*-1;. The van der Waals surface area contributed by atoms with Crippen LogP contribution in [0.15, 0.2) is 156 Å². The van der Waals surface area contributed by atoms with Gasteiger partial charge in [-0.15, -0.1) is 18.2 Å². The Hall–Kier alpha value is -5.63. The molecule has 0 spiro atoms. The smallest absolute Gasteiger partial charge is 0.0774 e. The van der Waals surface area contributed by atoms with Crippen LogP contribution in [0.25, 0.3) is 92.6 Å². The quantitative estimate of drug-likeness (QED) is 0.107. The Labute approximate surface area is 421 Å². The number of nitrogens with zero attached hydrogens (tertiary/aromatic N) is 3. The van der Waals surface area contributed by atoms with Crippen LogP contribution < -0.4 is 4.40 Å². The van der Waals surface area contributed by atoms with Gasteiger partial charge >= 0.3 is 164 Å². The second kappa shape index (κ2) is 19.4. The SMILES string of the molecule is CC(C)Cc1cc(-c2[c-]ccc3c2oc2ccccc23)nc[c]1[Ge]([CH3])([CH3])[CH3].CC(C)c1cc(-c2ccccc2)cc(C(C)C)c1-n1c(-c2[c-]ccc3c2sc2ccccc23)nc2ccccc21.[Ir]. The predicted octanol–water partition coefficient (Wildman–Crippen LogP) is 17.0. The summed E-state index contributed by atoms with van der Waals surface area (Å²) in [5.74, 6) is 9.54. The third-order valence-electron chi connectivity index (χ3n) is 12.9. The average Bonchev–Trinajstić information content (AvgIpc) is 4.03. The fourth-order valence-corrected chi connectivity index (χ4v) is 14.2. The number of benzene rings is 7. The molecule has 1 radical (unpaired) electrons. The van der Waals surface area contributed by atoms with Gasteiger partial charge in [0, 0.05) is 30.5 Å². The zero-order valence-electron chi connectivity index (χ0n) is 40.4. The molecule has 0 amide bonds. The minimum absolute atomic E-state index is 0. The van der Waals surface area contributed by atoms with Crippen molar-refractivity contribution in [2.45, 2.75) is 77.1 Å². The molecule has 0 saturated heterocycles. The predicted molar refractivity (Wildman–Crippen MR) is 289 cm³/mol. The summed E-state index contributed by atoms with van der Waals surface area (Å²) in [6.07, 6.45) is 3.21. The maximum Gasteiger partial charge on any atom is 0.0774 e. The molecule has 0 aliphatic rings. The van der Waals surface area contributed by atoms with Crippen molar-refractivity contribution < 1.29 is 24.5 Å². The van der Waals surface area contributed by atoms with Crippen LogP contribution in [-0.4, -0.2) is 27.8 Å². The van der Waals surface area contributed by atoms with Gasteiger partial charge in [-0.05, 0) is 74.5 Å². The molecule has 0 bridgehead atoms. The molecule has 11 rings (SSSR count). The van der Waals surface area contributed by atoms with E-state index < -0.39 is 13.3 Å². The van der Waals surface area contributed by atoms with Crippen LogP contribution in [0.2, 0.25) is 17.3 Å². The van der Waals surface area contributed by atoms with Crippen molar-refractivity contribution in [1.29, 1.82) is 0 Å². The molecule has 0 N–H and O–H groups in total. The molecule has 0 aliphatic carbocycles. The molecule has 0 aliphatic heterocycles. The molecule has 11 aromatic rings. The van der Waals surface area contributed by atoms with E-state index in [0.29, 0.717) is 17.8 Å². The van der Waals surface area contributed by atoms with Gasteiger partial charge < -0.3 is 4.57 Å². The topological polar surface area (TPSA) is 43.9 Å². The number of rotatable bonds is 9. The van der Waals surface area contributed by atoms with Gasteiger partial charge in [-0.3, -0.25) is 4.98 Å². The molecule has 7 aromatic carbocycles. The summed E-state index contributed by atoms with van der Waals surface area (Å²) >= 11 is -0.143. The number of hydrogen-bond acceptors (Lipinski definition) is 4. The van der Waals surface area contributed by atoms with E-state index in [2.05, 4.69) is 209 Å². The number of furan rings is 1. The molecule has 4 heterocycles. The number of aromatic nitrogens is 3. The summed E-state index contributed by atoms with van der Waals surface area (Å²) in [7, 11) is 0. The summed E-state index contributed by atoms with van der Waals surface area (Å²) < 4.78 is 12.6. The fourth-order valence-electron chi connectivity index (χ4n) is 9.69. The van der Waals surface area contributed by atoms with Gasteiger partial charge in [-0.25, -0.2) is 0 Å². The van der Waals surface area contributed by atoms with Gasteiger partial charge in [-0.1, -0.05) is 99.3 Å². The normalized spacial score (nSPS) is 11.9. The molecular formula is C61H57GeIrN3OS-2. The molecule has 4 aromatic heterocycles. The molecule has 68 heavy (non-hydrogen) atoms. The van der Waals surface area contributed by atoms with Crippen LogP contribution in [-0.2, 0) is 26.5 Å². The zero-order chi connectivity index (χ0) is 46.6. The van der Waals surface area contributed by atoms with Crippen molar-refractivity contribution in [1.82, 2.24) is 14.5 Å². The van der Waals surface area contributed by atoms with E-state index in [1.54, 1.807) is 0 Å². The molecular weight excluding hydrogens is 1090 g/mol. The zero-order valence-corrected chi connectivity index (χ0v) is 45.7. The second-order valence-corrected chi connectivity index (χ2v) is 31.5. The Morgan fingerprint density at radius 2 is 1.28 bits per heavy atom. The number of pyridine rings is 1. The van der Waals surface area contributed by atoms with E-state index in [4.69, 9.17) is 14.4 Å². The molecule has 4 nitrogen and oxygen atoms in total. The third kappa shape index (κ3) is 8.93. The molecule has 0 unspecified atom stereocenters. The Bertz CT molecular complexity index is 3560. The first-order chi connectivity index (χ1) is 32.4. The van der Waals surface area contributed by atoms with Crippen molar-refractivity contribution in [2.24, 2.45) is 5.92 Å². The first kappa shape index (κ1) is 47.4. The van der Waals surface area contributed by atoms with Gasteiger partial charge in [0.05, 0.1) is 16.9 Å². The van der Waals surface area contributed by atoms with Crippen molar-refractivity contribution in [3.05, 3.63) is 181 Å². The Morgan fingerprint density at radius 1 is 0.647 bits per heavy atom. The minimum Gasteiger partial charge on any atom is -0.333 e. The molecule has 0 fully saturated rings. The van der Waals surface area contributed by atoms with E-state index >= 15 is 0 Å². The van der Waals surface area contributed by atoms with Crippen molar-refractivity contribution in [2.75, 3.05) is 0 Å². The van der Waals surface area contributed by atoms with Gasteiger partial charge in [0.15, 0.2) is 0 Å². The largest absolute Gasteiger partial charge is 0.333 e. The fraction of sp³-hybridized carbons (Fsp3) is 0.213. The van der Waals surface area contributed by atoms with Crippen molar-refractivity contribution in [3.63, 3.8) is 0 Å². The van der Waals surface area contributed by atoms with Gasteiger partial charge in [0.1, 0.15) is 0 Å². The monoisotopic (exact) mass is 1150 g/mol. The number of para-hydroxylation sites is 3. The van der Waals surface area contributed by atoms with E-state index in [9.17, 15) is 0 Å². The number of imidazole rings is 1. The van der Waals surface area contributed by atoms with E-state index in [1.165, 1.54) is 58.1 Å². The van der Waals surface area contributed by atoms with E-state index in [1.807, 2.05) is 29.5 Å². The maximum absolute atomic E-state index is 6.20. The van der Waals surface area contributed by atoms with E-state index in [0.717, 1.165) is 62.0 Å². The first-order valence-corrected chi connectivity index (χ1v) is 31.9. The van der Waals surface area contributed by atoms with E-state index in [-0.39, 0.29) is 20.1 Å². The molecule has 0 saturated carbocycles. The van der Waals surface area contributed by atoms with Crippen LogP contribution in [0.1, 0.15) is 70.1 Å². The number of fused-ring (bicyclic) bond motifs is 7. The van der Waals surface area contributed by atoms with Gasteiger partial charge in [-0.2, -0.15) is 11.3 Å². The number of thiophene rings is 1. The van der Waals surface area contributed by atoms with Crippen LogP contribution in [0.4, 0.5) is 0 Å². The van der Waals surface area contributed by atoms with Gasteiger partial charge in [0.25, 0.3) is 0 Å². The Morgan fingerprint density at radius 3 is 1.99 bits per heavy atom. The summed E-state index contributed by atoms with van der Waals surface area (Å²) in [5, 5.41) is 4.83. The minimum atomic E-state index is -1.98. The maximum atomic E-state index is 6.20. The Balaban J connectivity index is 0.000000180. The third-order valence-corrected chi connectivity index (χ3v) is 18.4. The summed E-state index contributed by atoms with van der Waals surface area (Å²) in [5.41, 5.74) is 14.8. The van der Waals surface area contributed by atoms with Crippen LogP contribution in [0, 0.1) is 18.1 Å². The first-order valence-electron chi connectivity index (χ1n) is 23.7. The molecule has 343 valence electrons. The van der Waals surface area contributed by atoms with Crippen LogP contribution in [0.5, 0.6) is 0 Å². The number of hydrogen-bond donors (Lipinski definition) is 0. The molecule has 0 atom stereocenters. The summed E-state index contributed by atoms with van der Waals surface area (Å²) in [6, 6.07) is 58.5. The van der Waals surface area contributed by atoms with Crippen molar-refractivity contribution >= 4 is 82.1 Å². The molecule has 7 heteroatoms. The average molecular weight is 1150 g/mol. The van der Waals surface area contributed by atoms with Crippen LogP contribution >= 0.6 is 11.3 Å². The summed E-state index contributed by atoms with van der Waals surface area (Å²) in [4.78, 5) is 10.2.